The SMILES string of the molecule is Cc1ccc(C(C)NC2CCCCCC2O)s1. The second-order valence-corrected chi connectivity index (χ2v) is 6.47. The molecule has 3 heteroatoms. The fraction of sp³-hybridized carbons (Fsp3) is 0.714. The molecule has 96 valence electrons. The summed E-state index contributed by atoms with van der Waals surface area (Å²) in [7, 11) is 0. The lowest BCUT2D eigenvalue weighted by atomic mass is 10.0. The molecule has 1 saturated carbocycles. The highest BCUT2D eigenvalue weighted by Crippen LogP contribution is 2.25. The van der Waals surface area contributed by atoms with E-state index in [0.29, 0.717) is 6.04 Å². The van der Waals surface area contributed by atoms with Crippen molar-refractivity contribution in [1.82, 2.24) is 5.32 Å². The summed E-state index contributed by atoms with van der Waals surface area (Å²) < 4.78 is 0. The predicted molar refractivity (Wildman–Crippen MR) is 73.5 cm³/mol. The van der Waals surface area contributed by atoms with Crippen molar-refractivity contribution in [3.63, 3.8) is 0 Å². The third-order valence-corrected chi connectivity index (χ3v) is 4.81. The first kappa shape index (κ1) is 13.1. The minimum absolute atomic E-state index is 0.166. The molecule has 3 unspecified atom stereocenters. The van der Waals surface area contributed by atoms with Crippen molar-refractivity contribution in [1.29, 1.82) is 0 Å². The molecule has 0 saturated heterocycles. The number of aliphatic hydroxyl groups excluding tert-OH is 1. The van der Waals surface area contributed by atoms with Gasteiger partial charge >= 0.3 is 0 Å². The fourth-order valence-electron chi connectivity index (χ4n) is 2.57. The van der Waals surface area contributed by atoms with Crippen LogP contribution in [-0.4, -0.2) is 17.3 Å². The van der Waals surface area contributed by atoms with Crippen LogP contribution in [0.5, 0.6) is 0 Å². The van der Waals surface area contributed by atoms with Crippen LogP contribution >= 0.6 is 11.3 Å². The van der Waals surface area contributed by atoms with E-state index in [2.05, 4.69) is 31.3 Å². The molecular formula is C14H23NOS. The maximum Gasteiger partial charge on any atom is 0.0693 e. The molecule has 1 aromatic rings. The van der Waals surface area contributed by atoms with Crippen molar-refractivity contribution in [3.8, 4) is 0 Å². The van der Waals surface area contributed by atoms with E-state index in [9.17, 15) is 5.11 Å². The van der Waals surface area contributed by atoms with Gasteiger partial charge in [-0.1, -0.05) is 19.3 Å². The molecule has 0 radical (unpaired) electrons. The van der Waals surface area contributed by atoms with Gasteiger partial charge in [-0.25, -0.2) is 0 Å². The Balaban J connectivity index is 1.94. The molecule has 1 aliphatic rings. The second kappa shape index (κ2) is 5.98. The van der Waals surface area contributed by atoms with Crippen molar-refractivity contribution >= 4 is 11.3 Å². The Morgan fingerprint density at radius 1 is 1.29 bits per heavy atom. The summed E-state index contributed by atoms with van der Waals surface area (Å²) in [5.74, 6) is 0. The maximum atomic E-state index is 10.1. The number of thiophene rings is 1. The van der Waals surface area contributed by atoms with Crippen molar-refractivity contribution in [2.45, 2.75) is 64.1 Å². The van der Waals surface area contributed by atoms with Crippen molar-refractivity contribution in [2.75, 3.05) is 0 Å². The summed E-state index contributed by atoms with van der Waals surface area (Å²) in [6, 6.07) is 4.99. The lowest BCUT2D eigenvalue weighted by Gasteiger charge is -2.25. The van der Waals surface area contributed by atoms with Crippen LogP contribution in [0.4, 0.5) is 0 Å². The van der Waals surface area contributed by atoms with E-state index in [0.717, 1.165) is 12.8 Å². The van der Waals surface area contributed by atoms with Crippen LogP contribution in [0.1, 0.15) is 54.8 Å². The van der Waals surface area contributed by atoms with E-state index < -0.39 is 0 Å². The fourth-order valence-corrected chi connectivity index (χ4v) is 3.46. The first-order valence-electron chi connectivity index (χ1n) is 6.67. The van der Waals surface area contributed by atoms with E-state index in [1.54, 1.807) is 0 Å². The zero-order chi connectivity index (χ0) is 12.3. The highest BCUT2D eigenvalue weighted by molar-refractivity contribution is 7.12. The summed E-state index contributed by atoms with van der Waals surface area (Å²) in [4.78, 5) is 2.73. The Labute approximate surface area is 108 Å². The third-order valence-electron chi connectivity index (χ3n) is 3.63. The molecule has 1 aliphatic carbocycles. The summed E-state index contributed by atoms with van der Waals surface area (Å²) in [6.45, 7) is 4.34. The molecule has 1 fully saturated rings. The van der Waals surface area contributed by atoms with Gasteiger partial charge in [0.05, 0.1) is 6.10 Å². The number of nitrogens with one attached hydrogen (secondary N) is 1. The Morgan fingerprint density at radius 2 is 2.06 bits per heavy atom. The quantitative estimate of drug-likeness (QED) is 0.809. The van der Waals surface area contributed by atoms with Gasteiger partial charge in [-0.05, 0) is 38.8 Å². The Morgan fingerprint density at radius 3 is 2.76 bits per heavy atom. The molecule has 0 amide bonds. The number of aliphatic hydroxyl groups is 1. The minimum Gasteiger partial charge on any atom is -0.392 e. The molecule has 2 nitrogen and oxygen atoms in total. The molecule has 0 spiro atoms. The van der Waals surface area contributed by atoms with Gasteiger partial charge in [-0.3, -0.25) is 0 Å². The van der Waals surface area contributed by atoms with Crippen LogP contribution in [0.25, 0.3) is 0 Å². The van der Waals surface area contributed by atoms with E-state index in [1.807, 2.05) is 11.3 Å². The van der Waals surface area contributed by atoms with Gasteiger partial charge in [-0.2, -0.15) is 0 Å². The smallest absolute Gasteiger partial charge is 0.0693 e. The van der Waals surface area contributed by atoms with E-state index in [-0.39, 0.29) is 12.1 Å². The van der Waals surface area contributed by atoms with Gasteiger partial charge in [0.2, 0.25) is 0 Å². The van der Waals surface area contributed by atoms with E-state index >= 15 is 0 Å². The van der Waals surface area contributed by atoms with Gasteiger partial charge in [0.15, 0.2) is 0 Å². The van der Waals surface area contributed by atoms with Crippen LogP contribution < -0.4 is 5.32 Å². The van der Waals surface area contributed by atoms with Crippen molar-refractivity contribution < 1.29 is 5.11 Å². The van der Waals surface area contributed by atoms with Gasteiger partial charge in [0.1, 0.15) is 0 Å². The normalized spacial score (nSPS) is 27.7. The zero-order valence-corrected chi connectivity index (χ0v) is 11.6. The third kappa shape index (κ3) is 3.54. The molecule has 3 atom stereocenters. The highest BCUT2D eigenvalue weighted by Gasteiger charge is 2.23. The van der Waals surface area contributed by atoms with Crippen LogP contribution in [0.15, 0.2) is 12.1 Å². The summed E-state index contributed by atoms with van der Waals surface area (Å²) in [5.41, 5.74) is 0. The molecular weight excluding hydrogens is 230 g/mol. The molecule has 1 aromatic heterocycles. The standard InChI is InChI=1S/C14H23NOS/c1-10-8-9-14(17-10)11(2)15-12-6-4-3-5-7-13(12)16/h8-9,11-13,15-16H,3-7H2,1-2H3. The Hall–Kier alpha value is -0.380. The molecule has 2 rings (SSSR count). The first-order chi connectivity index (χ1) is 8.16. The van der Waals surface area contributed by atoms with Crippen LogP contribution in [-0.2, 0) is 0 Å². The monoisotopic (exact) mass is 253 g/mol. The number of rotatable bonds is 3. The Bertz CT molecular complexity index is 350. The van der Waals surface area contributed by atoms with Crippen LogP contribution in [0.2, 0.25) is 0 Å². The number of hydrogen-bond acceptors (Lipinski definition) is 3. The highest BCUT2D eigenvalue weighted by atomic mass is 32.1. The van der Waals surface area contributed by atoms with Crippen LogP contribution in [0.3, 0.4) is 0 Å². The van der Waals surface area contributed by atoms with E-state index in [4.69, 9.17) is 0 Å². The molecule has 0 bridgehead atoms. The number of aryl methyl sites for hydroxylation is 1. The predicted octanol–water partition coefficient (Wildman–Crippen LogP) is 3.40. The molecule has 0 aromatic carbocycles. The first-order valence-corrected chi connectivity index (χ1v) is 7.49. The number of hydrogen-bond donors (Lipinski definition) is 2. The van der Waals surface area contributed by atoms with Gasteiger partial charge in [0.25, 0.3) is 0 Å². The van der Waals surface area contributed by atoms with Crippen molar-refractivity contribution in [3.05, 3.63) is 21.9 Å². The molecule has 2 N–H and O–H groups in total. The summed E-state index contributed by atoms with van der Waals surface area (Å²) in [5, 5.41) is 13.7. The molecule has 1 heterocycles. The maximum absolute atomic E-state index is 10.1. The Kier molecular flexibility index (Phi) is 4.60. The molecule has 17 heavy (non-hydrogen) atoms. The topological polar surface area (TPSA) is 32.3 Å². The molecule has 0 aliphatic heterocycles. The van der Waals surface area contributed by atoms with Gasteiger partial charge in [-0.15, -0.1) is 11.3 Å². The van der Waals surface area contributed by atoms with Gasteiger partial charge < -0.3 is 10.4 Å². The van der Waals surface area contributed by atoms with Gasteiger partial charge in [0, 0.05) is 21.8 Å². The largest absolute Gasteiger partial charge is 0.392 e. The van der Waals surface area contributed by atoms with E-state index in [1.165, 1.54) is 29.0 Å². The average molecular weight is 253 g/mol. The summed E-state index contributed by atoms with van der Waals surface area (Å²) in [6.07, 6.45) is 5.57. The second-order valence-electron chi connectivity index (χ2n) is 5.15. The van der Waals surface area contributed by atoms with Crippen molar-refractivity contribution in [2.24, 2.45) is 0 Å². The summed E-state index contributed by atoms with van der Waals surface area (Å²) >= 11 is 1.85. The van der Waals surface area contributed by atoms with Crippen LogP contribution in [0, 0.1) is 6.92 Å². The average Bonchev–Trinajstić information content (AvgIpc) is 2.63. The zero-order valence-electron chi connectivity index (χ0n) is 10.8. The lowest BCUT2D eigenvalue weighted by molar-refractivity contribution is 0.115. The lowest BCUT2D eigenvalue weighted by Crippen LogP contribution is -2.40. The minimum atomic E-state index is -0.166.